The molecule has 0 atom stereocenters. The van der Waals surface area contributed by atoms with E-state index in [1.54, 1.807) is 0 Å². The predicted molar refractivity (Wildman–Crippen MR) is 46.0 cm³/mol. The molecule has 4 heteroatoms. The van der Waals surface area contributed by atoms with Gasteiger partial charge in [0.2, 0.25) is 0 Å². The number of fused-ring (bicyclic) bond motifs is 1. The molecule has 1 aliphatic rings. The molecule has 0 amide bonds. The lowest BCUT2D eigenvalue weighted by Gasteiger charge is -2.08. The minimum Gasteiger partial charge on any atom is -0.399 e. The fraction of sp³-hybridized carbons (Fsp3) is 0.143. The van der Waals surface area contributed by atoms with Crippen molar-refractivity contribution in [2.24, 2.45) is 0 Å². The van der Waals surface area contributed by atoms with Crippen molar-refractivity contribution in [2.75, 3.05) is 23.2 Å². The summed E-state index contributed by atoms with van der Waals surface area (Å²) in [5.74, 6) is 0. The zero-order valence-electron chi connectivity index (χ0n) is 6.26. The maximum atomic E-state index is 5.59. The van der Waals surface area contributed by atoms with Crippen molar-refractivity contribution >= 4 is 17.1 Å². The first kappa shape index (κ1) is 6.30. The number of hydrogen-bond donors (Lipinski definition) is 3. The molecular weight excluding hydrogens is 140 g/mol. The largest absolute Gasteiger partial charge is 0.399 e. The highest BCUT2D eigenvalue weighted by molar-refractivity contribution is 5.76. The minimum absolute atomic E-state index is 0.772. The number of hydrazine groups is 2. The second-order valence-corrected chi connectivity index (χ2v) is 2.57. The fourth-order valence-electron chi connectivity index (χ4n) is 1.15. The third kappa shape index (κ3) is 0.877. The molecule has 11 heavy (non-hydrogen) atoms. The zero-order valence-corrected chi connectivity index (χ0v) is 6.26. The van der Waals surface area contributed by atoms with Gasteiger partial charge in [-0.05, 0) is 18.2 Å². The van der Waals surface area contributed by atoms with Gasteiger partial charge in [0, 0.05) is 12.7 Å². The van der Waals surface area contributed by atoms with Gasteiger partial charge in [-0.2, -0.15) is 0 Å². The Kier molecular flexibility index (Phi) is 1.16. The summed E-state index contributed by atoms with van der Waals surface area (Å²) >= 11 is 0. The van der Waals surface area contributed by atoms with Gasteiger partial charge in [-0.3, -0.25) is 5.01 Å². The number of benzene rings is 1. The van der Waals surface area contributed by atoms with Crippen LogP contribution in [-0.4, -0.2) is 7.05 Å². The summed E-state index contributed by atoms with van der Waals surface area (Å²) < 4.78 is 0. The van der Waals surface area contributed by atoms with Crippen LogP contribution in [0.1, 0.15) is 0 Å². The van der Waals surface area contributed by atoms with E-state index < -0.39 is 0 Å². The summed E-state index contributed by atoms with van der Waals surface area (Å²) in [6, 6.07) is 5.74. The van der Waals surface area contributed by atoms with Crippen LogP contribution in [0.5, 0.6) is 0 Å². The summed E-state index contributed by atoms with van der Waals surface area (Å²) in [4.78, 5) is 0. The van der Waals surface area contributed by atoms with Gasteiger partial charge in [-0.25, -0.2) is 0 Å². The average Bonchev–Trinajstić information content (AvgIpc) is 2.32. The Morgan fingerprint density at radius 1 is 1.45 bits per heavy atom. The van der Waals surface area contributed by atoms with Crippen molar-refractivity contribution in [3.05, 3.63) is 18.2 Å². The van der Waals surface area contributed by atoms with E-state index in [2.05, 4.69) is 11.0 Å². The SMILES string of the molecule is CN1NNc2cc(N)ccc21. The first-order valence-corrected chi connectivity index (χ1v) is 3.42. The molecular formula is C7H10N4. The highest BCUT2D eigenvalue weighted by Gasteiger charge is 2.13. The van der Waals surface area contributed by atoms with Crippen LogP contribution < -0.4 is 21.7 Å². The number of nitrogens with one attached hydrogen (secondary N) is 2. The minimum atomic E-state index is 0.772. The van der Waals surface area contributed by atoms with Gasteiger partial charge in [0.05, 0.1) is 11.4 Å². The van der Waals surface area contributed by atoms with Gasteiger partial charge in [-0.15, -0.1) is 5.53 Å². The molecule has 0 spiro atoms. The molecule has 0 fully saturated rings. The third-order valence-electron chi connectivity index (χ3n) is 1.74. The van der Waals surface area contributed by atoms with Gasteiger partial charge >= 0.3 is 0 Å². The van der Waals surface area contributed by atoms with Crippen molar-refractivity contribution in [1.29, 1.82) is 0 Å². The van der Waals surface area contributed by atoms with E-state index in [1.165, 1.54) is 0 Å². The molecule has 0 saturated heterocycles. The summed E-state index contributed by atoms with van der Waals surface area (Å²) in [6.07, 6.45) is 0. The maximum Gasteiger partial charge on any atom is 0.0781 e. The van der Waals surface area contributed by atoms with Crippen LogP contribution in [0.4, 0.5) is 17.1 Å². The highest BCUT2D eigenvalue weighted by atomic mass is 15.7. The van der Waals surface area contributed by atoms with E-state index >= 15 is 0 Å². The monoisotopic (exact) mass is 150 g/mol. The van der Waals surface area contributed by atoms with Crippen molar-refractivity contribution in [3.63, 3.8) is 0 Å². The Balaban J connectivity index is 2.50. The molecule has 2 rings (SSSR count). The molecule has 4 nitrogen and oxygen atoms in total. The van der Waals surface area contributed by atoms with E-state index in [9.17, 15) is 0 Å². The molecule has 4 N–H and O–H groups in total. The van der Waals surface area contributed by atoms with E-state index in [0.717, 1.165) is 17.1 Å². The quantitative estimate of drug-likeness (QED) is 0.473. The van der Waals surface area contributed by atoms with Gasteiger partial charge in [0.25, 0.3) is 0 Å². The van der Waals surface area contributed by atoms with Crippen molar-refractivity contribution < 1.29 is 0 Å². The Morgan fingerprint density at radius 3 is 3.09 bits per heavy atom. The Hall–Kier alpha value is -1.42. The van der Waals surface area contributed by atoms with E-state index in [0.29, 0.717) is 0 Å². The van der Waals surface area contributed by atoms with Gasteiger partial charge in [0.1, 0.15) is 0 Å². The lowest BCUT2D eigenvalue weighted by atomic mass is 10.2. The summed E-state index contributed by atoms with van der Waals surface area (Å²) in [6.45, 7) is 0. The van der Waals surface area contributed by atoms with E-state index in [1.807, 2.05) is 30.3 Å². The molecule has 0 bridgehead atoms. The summed E-state index contributed by atoms with van der Waals surface area (Å²) in [5.41, 5.74) is 14.4. The normalized spacial score (nSPS) is 14.5. The van der Waals surface area contributed by atoms with Crippen molar-refractivity contribution in [1.82, 2.24) is 5.53 Å². The third-order valence-corrected chi connectivity index (χ3v) is 1.74. The molecule has 1 aromatic rings. The standard InChI is InChI=1S/C7H10N4/c1-11-7-3-2-5(8)4-6(7)9-10-11/h2-4,9-10H,8H2,1H3. The lowest BCUT2D eigenvalue weighted by molar-refractivity contribution is 0.820. The van der Waals surface area contributed by atoms with E-state index in [-0.39, 0.29) is 0 Å². The number of anilines is 3. The van der Waals surface area contributed by atoms with Crippen LogP contribution in [0.2, 0.25) is 0 Å². The van der Waals surface area contributed by atoms with Crippen LogP contribution in [0.15, 0.2) is 18.2 Å². The predicted octanol–water partition coefficient (Wildman–Crippen LogP) is 0.550. The fourth-order valence-corrected chi connectivity index (χ4v) is 1.15. The van der Waals surface area contributed by atoms with Crippen LogP contribution >= 0.6 is 0 Å². The molecule has 0 saturated carbocycles. The molecule has 0 radical (unpaired) electrons. The van der Waals surface area contributed by atoms with Crippen LogP contribution in [0.3, 0.4) is 0 Å². The lowest BCUT2D eigenvalue weighted by Crippen LogP contribution is -2.31. The number of nitrogens with two attached hydrogens (primary N) is 1. The number of nitrogen functional groups attached to an aromatic ring is 1. The first-order chi connectivity index (χ1) is 5.27. The number of hydrogen-bond acceptors (Lipinski definition) is 4. The highest BCUT2D eigenvalue weighted by Crippen LogP contribution is 2.29. The topological polar surface area (TPSA) is 53.3 Å². The van der Waals surface area contributed by atoms with Gasteiger partial charge in [0.15, 0.2) is 0 Å². The maximum absolute atomic E-state index is 5.59. The molecule has 58 valence electrons. The second-order valence-electron chi connectivity index (χ2n) is 2.57. The molecule has 0 aliphatic carbocycles. The number of rotatable bonds is 0. The number of nitrogens with zero attached hydrogens (tertiary/aromatic N) is 1. The Bertz CT molecular complexity index is 284. The molecule has 1 aromatic carbocycles. The first-order valence-electron chi connectivity index (χ1n) is 3.42. The average molecular weight is 150 g/mol. The van der Waals surface area contributed by atoms with Crippen molar-refractivity contribution in [2.45, 2.75) is 0 Å². The van der Waals surface area contributed by atoms with Crippen LogP contribution in [0.25, 0.3) is 0 Å². The van der Waals surface area contributed by atoms with E-state index in [4.69, 9.17) is 5.73 Å². The smallest absolute Gasteiger partial charge is 0.0781 e. The van der Waals surface area contributed by atoms with Crippen LogP contribution in [-0.2, 0) is 0 Å². The Labute approximate surface area is 64.9 Å². The summed E-state index contributed by atoms with van der Waals surface area (Å²) in [7, 11) is 1.94. The van der Waals surface area contributed by atoms with Gasteiger partial charge < -0.3 is 11.2 Å². The Morgan fingerprint density at radius 2 is 2.27 bits per heavy atom. The van der Waals surface area contributed by atoms with Crippen molar-refractivity contribution in [3.8, 4) is 0 Å². The molecule has 0 aromatic heterocycles. The second kappa shape index (κ2) is 2.03. The zero-order chi connectivity index (χ0) is 7.84. The molecule has 1 aliphatic heterocycles. The van der Waals surface area contributed by atoms with Gasteiger partial charge in [-0.1, -0.05) is 0 Å². The molecule has 0 unspecified atom stereocenters. The molecule has 1 heterocycles. The summed E-state index contributed by atoms with van der Waals surface area (Å²) in [5, 5.41) is 1.90. The van der Waals surface area contributed by atoms with Crippen LogP contribution in [0, 0.1) is 0 Å².